The van der Waals surface area contributed by atoms with E-state index in [1.54, 1.807) is 12.8 Å². The molecule has 15 heavy (non-hydrogen) atoms. The Morgan fingerprint density at radius 1 is 1.13 bits per heavy atom. The average molecular weight is 226 g/mol. The molecule has 1 heteroatoms. The van der Waals surface area contributed by atoms with Gasteiger partial charge in [0.15, 0.2) is 0 Å². The van der Waals surface area contributed by atoms with E-state index in [1.807, 2.05) is 0 Å². The molecule has 2 fully saturated rings. The third-order valence-corrected chi connectivity index (χ3v) is 5.70. The second-order valence-electron chi connectivity index (χ2n) is 5.52. The number of hydrogen-bond acceptors (Lipinski definition) is 1. The third kappa shape index (κ3) is 2.93. The molecule has 2 rings (SSSR count). The maximum absolute atomic E-state index is 2.33. The Morgan fingerprint density at radius 2 is 1.93 bits per heavy atom. The second-order valence-corrected chi connectivity index (χ2v) is 6.60. The van der Waals surface area contributed by atoms with Crippen LogP contribution in [0.1, 0.15) is 58.3 Å². The lowest BCUT2D eigenvalue weighted by atomic mass is 9.84. The summed E-state index contributed by atoms with van der Waals surface area (Å²) >= 11 is 2.15. The van der Waals surface area contributed by atoms with Gasteiger partial charge in [-0.1, -0.05) is 39.0 Å². The summed E-state index contributed by atoms with van der Waals surface area (Å²) in [4.78, 5) is 0. The average Bonchev–Trinajstić information content (AvgIpc) is 3.05. The lowest BCUT2D eigenvalue weighted by Crippen LogP contribution is -2.24. The highest BCUT2D eigenvalue weighted by Crippen LogP contribution is 2.53. The normalized spacial score (nSPS) is 40.4. The second kappa shape index (κ2) is 5.61. The highest BCUT2D eigenvalue weighted by atomic mass is 32.2. The fourth-order valence-electron chi connectivity index (χ4n) is 3.50. The van der Waals surface area contributed by atoms with Crippen LogP contribution < -0.4 is 0 Å². The Kier molecular flexibility index (Phi) is 4.42. The first-order valence-electron chi connectivity index (χ1n) is 6.89. The first kappa shape index (κ1) is 11.8. The van der Waals surface area contributed by atoms with Gasteiger partial charge in [0.1, 0.15) is 0 Å². The Morgan fingerprint density at radius 3 is 2.67 bits per heavy atom. The molecule has 2 saturated carbocycles. The van der Waals surface area contributed by atoms with E-state index in [0.29, 0.717) is 0 Å². The van der Waals surface area contributed by atoms with E-state index in [4.69, 9.17) is 0 Å². The lowest BCUT2D eigenvalue weighted by Gasteiger charge is -2.30. The van der Waals surface area contributed by atoms with E-state index in [0.717, 1.165) is 23.0 Å². The van der Waals surface area contributed by atoms with E-state index in [-0.39, 0.29) is 0 Å². The minimum absolute atomic E-state index is 1.01. The van der Waals surface area contributed by atoms with Crippen molar-refractivity contribution in [3.05, 3.63) is 0 Å². The molecule has 0 nitrogen and oxygen atoms in total. The van der Waals surface area contributed by atoms with Gasteiger partial charge in [-0.3, -0.25) is 0 Å². The molecule has 0 aromatic carbocycles. The van der Waals surface area contributed by atoms with Crippen molar-refractivity contribution in [1.29, 1.82) is 0 Å². The van der Waals surface area contributed by atoms with Crippen LogP contribution in [0.2, 0.25) is 0 Å². The van der Waals surface area contributed by atoms with Crippen LogP contribution in [0.25, 0.3) is 0 Å². The van der Waals surface area contributed by atoms with Crippen LogP contribution in [-0.2, 0) is 0 Å². The summed E-state index contributed by atoms with van der Waals surface area (Å²) in [6, 6.07) is 0. The predicted molar refractivity (Wildman–Crippen MR) is 70.4 cm³/mol. The van der Waals surface area contributed by atoms with E-state index >= 15 is 0 Å². The zero-order valence-corrected chi connectivity index (χ0v) is 11.2. The smallest absolute Gasteiger partial charge is 0.00752 e. The van der Waals surface area contributed by atoms with Crippen LogP contribution >= 0.6 is 11.8 Å². The van der Waals surface area contributed by atoms with E-state index in [1.165, 1.54) is 38.5 Å². The van der Waals surface area contributed by atoms with Gasteiger partial charge in [-0.25, -0.2) is 0 Å². The summed E-state index contributed by atoms with van der Waals surface area (Å²) in [5, 5.41) is 1.01. The summed E-state index contributed by atoms with van der Waals surface area (Å²) in [5.41, 5.74) is 0. The molecule has 0 aromatic rings. The molecule has 0 amide bonds. The van der Waals surface area contributed by atoms with Crippen LogP contribution in [0, 0.1) is 17.8 Å². The molecule has 0 spiro atoms. The Labute approximate surface area is 99.6 Å². The van der Waals surface area contributed by atoms with Gasteiger partial charge in [0.25, 0.3) is 0 Å². The Balaban J connectivity index is 1.78. The zero-order valence-electron chi connectivity index (χ0n) is 10.4. The number of hydrogen-bond donors (Lipinski definition) is 0. The quantitative estimate of drug-likeness (QED) is 0.653. The summed E-state index contributed by atoms with van der Waals surface area (Å²) in [6.45, 7) is 2.32. The lowest BCUT2D eigenvalue weighted by molar-refractivity contribution is 0.317. The summed E-state index contributed by atoms with van der Waals surface area (Å²) in [7, 11) is 0. The molecule has 0 saturated heterocycles. The monoisotopic (exact) mass is 226 g/mol. The maximum Gasteiger partial charge on any atom is 0.00752 e. The van der Waals surface area contributed by atoms with Crippen LogP contribution in [0.3, 0.4) is 0 Å². The molecule has 0 aliphatic heterocycles. The van der Waals surface area contributed by atoms with Crippen molar-refractivity contribution in [2.24, 2.45) is 17.8 Å². The number of rotatable bonds is 5. The summed E-state index contributed by atoms with van der Waals surface area (Å²) in [5.74, 6) is 3.35. The van der Waals surface area contributed by atoms with E-state index in [2.05, 4.69) is 24.9 Å². The van der Waals surface area contributed by atoms with Crippen LogP contribution in [0.4, 0.5) is 0 Å². The molecule has 2 aliphatic carbocycles. The zero-order chi connectivity index (χ0) is 10.7. The van der Waals surface area contributed by atoms with Gasteiger partial charge < -0.3 is 0 Å². The molecule has 88 valence electrons. The van der Waals surface area contributed by atoms with Gasteiger partial charge in [-0.2, -0.15) is 11.8 Å². The van der Waals surface area contributed by atoms with Gasteiger partial charge >= 0.3 is 0 Å². The summed E-state index contributed by atoms with van der Waals surface area (Å²) in [6.07, 6.45) is 14.3. The van der Waals surface area contributed by atoms with Gasteiger partial charge in [0, 0.05) is 5.25 Å². The van der Waals surface area contributed by atoms with Crippen molar-refractivity contribution in [2.75, 3.05) is 6.26 Å². The molecule has 0 radical (unpaired) electrons. The minimum Gasteiger partial charge on any atom is -0.162 e. The van der Waals surface area contributed by atoms with Crippen molar-refractivity contribution in [2.45, 2.75) is 63.5 Å². The molecule has 4 atom stereocenters. The molecule has 0 aromatic heterocycles. The topological polar surface area (TPSA) is 0 Å². The summed E-state index contributed by atoms with van der Waals surface area (Å²) < 4.78 is 0. The van der Waals surface area contributed by atoms with Gasteiger partial charge in [-0.15, -0.1) is 0 Å². The first-order chi connectivity index (χ1) is 7.36. The third-order valence-electron chi connectivity index (χ3n) is 4.51. The Bertz CT molecular complexity index is 190. The molecule has 4 unspecified atom stereocenters. The maximum atomic E-state index is 2.33. The molecule has 0 heterocycles. The van der Waals surface area contributed by atoms with Gasteiger partial charge in [0.05, 0.1) is 0 Å². The first-order valence-corrected chi connectivity index (χ1v) is 8.18. The molecular formula is C14H26S. The van der Waals surface area contributed by atoms with Crippen molar-refractivity contribution >= 4 is 11.8 Å². The highest BCUT2D eigenvalue weighted by Gasteiger charge is 2.45. The Hall–Kier alpha value is 0.350. The van der Waals surface area contributed by atoms with Crippen LogP contribution in [0.15, 0.2) is 0 Å². The van der Waals surface area contributed by atoms with E-state index < -0.39 is 0 Å². The molecule has 0 bridgehead atoms. The van der Waals surface area contributed by atoms with E-state index in [9.17, 15) is 0 Å². The van der Waals surface area contributed by atoms with Crippen molar-refractivity contribution in [3.8, 4) is 0 Å². The van der Waals surface area contributed by atoms with Gasteiger partial charge in [-0.05, 0) is 43.3 Å². The van der Waals surface area contributed by atoms with Crippen molar-refractivity contribution < 1.29 is 0 Å². The van der Waals surface area contributed by atoms with Crippen LogP contribution in [0.5, 0.6) is 0 Å². The standard InChI is InChI=1S/C14H26S/c1-3-4-7-11-10-13(11)12-8-5-6-9-14(12)15-2/h11-14H,3-10H2,1-2H3. The minimum atomic E-state index is 1.01. The fraction of sp³-hybridized carbons (Fsp3) is 1.00. The predicted octanol–water partition coefficient (Wildman–Crippen LogP) is 4.73. The van der Waals surface area contributed by atoms with Crippen molar-refractivity contribution in [1.82, 2.24) is 0 Å². The highest BCUT2D eigenvalue weighted by molar-refractivity contribution is 7.99. The van der Waals surface area contributed by atoms with Crippen molar-refractivity contribution in [3.63, 3.8) is 0 Å². The molecule has 0 N–H and O–H groups in total. The molecular weight excluding hydrogens is 200 g/mol. The fourth-order valence-corrected chi connectivity index (χ4v) is 4.59. The van der Waals surface area contributed by atoms with Gasteiger partial charge in [0.2, 0.25) is 0 Å². The number of thioether (sulfide) groups is 1. The van der Waals surface area contributed by atoms with Crippen LogP contribution in [-0.4, -0.2) is 11.5 Å². The number of unbranched alkanes of at least 4 members (excludes halogenated alkanes) is 1. The SMILES string of the molecule is CCCCC1CC1C1CCCCC1SC. The largest absolute Gasteiger partial charge is 0.162 e. The molecule has 2 aliphatic rings.